The Balaban J connectivity index is 1.23. The topological polar surface area (TPSA) is 114 Å². The molecule has 2 heterocycles. The van der Waals surface area contributed by atoms with Crippen LogP contribution < -0.4 is 14.8 Å². The average molecular weight is 510 g/mol. The van der Waals surface area contributed by atoms with Crippen LogP contribution in [0.25, 0.3) is 0 Å². The highest BCUT2D eigenvalue weighted by Crippen LogP contribution is 2.38. The van der Waals surface area contributed by atoms with Crippen molar-refractivity contribution in [1.82, 2.24) is 4.90 Å². The Morgan fingerprint density at radius 1 is 0.974 bits per heavy atom. The van der Waals surface area contributed by atoms with Gasteiger partial charge in [-0.15, -0.1) is 0 Å². The van der Waals surface area contributed by atoms with Gasteiger partial charge in [0, 0.05) is 35.5 Å². The van der Waals surface area contributed by atoms with Crippen LogP contribution in [0.4, 0.5) is 11.4 Å². The van der Waals surface area contributed by atoms with Gasteiger partial charge in [-0.3, -0.25) is 24.2 Å². The molecule has 38 heavy (non-hydrogen) atoms. The number of aliphatic imine (C=N–C) groups is 1. The second-order valence-corrected chi connectivity index (χ2v) is 9.28. The molecule has 9 heteroatoms. The summed E-state index contributed by atoms with van der Waals surface area (Å²) in [5.41, 5.74) is 2.12. The summed E-state index contributed by atoms with van der Waals surface area (Å²) in [6, 6.07) is 14.5. The molecule has 0 unspecified atom stereocenters. The van der Waals surface area contributed by atoms with Crippen molar-refractivity contribution in [3.05, 3.63) is 82.4 Å². The zero-order valence-corrected chi connectivity index (χ0v) is 20.5. The van der Waals surface area contributed by atoms with Crippen LogP contribution in [-0.2, 0) is 4.79 Å². The molecule has 2 amide bonds. The number of anilines is 1. The van der Waals surface area contributed by atoms with Crippen molar-refractivity contribution in [2.75, 3.05) is 25.6 Å². The molecule has 2 aliphatic heterocycles. The Hall–Kier alpha value is -4.79. The van der Waals surface area contributed by atoms with E-state index in [0.29, 0.717) is 34.7 Å². The number of benzene rings is 3. The first-order valence-corrected chi connectivity index (χ1v) is 12.3. The lowest BCUT2D eigenvalue weighted by molar-refractivity contribution is -0.118. The normalized spacial score (nSPS) is 17.2. The van der Waals surface area contributed by atoms with Crippen LogP contribution in [0.15, 0.2) is 59.6 Å². The van der Waals surface area contributed by atoms with E-state index >= 15 is 0 Å². The van der Waals surface area contributed by atoms with E-state index in [1.807, 2.05) is 0 Å². The molecule has 1 atom stereocenters. The van der Waals surface area contributed by atoms with Gasteiger partial charge in [-0.05, 0) is 25.0 Å². The number of ether oxygens (including phenoxy) is 2. The van der Waals surface area contributed by atoms with E-state index in [-0.39, 0.29) is 46.1 Å². The number of hydrogen-bond donors (Lipinski definition) is 1. The highest BCUT2D eigenvalue weighted by molar-refractivity contribution is 6.30. The first-order valence-electron chi connectivity index (χ1n) is 12.3. The number of hydrogen-bond acceptors (Lipinski definition) is 7. The Labute approximate surface area is 218 Å². The summed E-state index contributed by atoms with van der Waals surface area (Å²) in [5, 5.41) is 2.70. The Morgan fingerprint density at radius 3 is 2.53 bits per heavy atom. The number of nitrogens with zero attached hydrogens (tertiary/aromatic N) is 2. The van der Waals surface area contributed by atoms with Crippen LogP contribution >= 0.6 is 0 Å². The summed E-state index contributed by atoms with van der Waals surface area (Å²) in [5.74, 6) is -0.696. The number of amides is 2. The maximum atomic E-state index is 13.2. The highest BCUT2D eigenvalue weighted by atomic mass is 16.5. The molecule has 1 saturated heterocycles. The summed E-state index contributed by atoms with van der Waals surface area (Å²) in [4.78, 5) is 58.4. The number of carbonyl (C=O) groups is 4. The van der Waals surface area contributed by atoms with E-state index in [0.717, 1.165) is 12.8 Å². The molecule has 0 radical (unpaired) electrons. The fourth-order valence-corrected chi connectivity index (χ4v) is 5.20. The van der Waals surface area contributed by atoms with Gasteiger partial charge >= 0.3 is 0 Å². The third-order valence-electron chi connectivity index (χ3n) is 7.04. The Morgan fingerprint density at radius 2 is 1.74 bits per heavy atom. The maximum absolute atomic E-state index is 13.2. The lowest BCUT2D eigenvalue weighted by atomic mass is 9.83. The fourth-order valence-electron chi connectivity index (χ4n) is 5.20. The zero-order chi connectivity index (χ0) is 26.4. The van der Waals surface area contributed by atoms with E-state index in [9.17, 15) is 19.2 Å². The van der Waals surface area contributed by atoms with Crippen molar-refractivity contribution in [1.29, 1.82) is 0 Å². The van der Waals surface area contributed by atoms with Gasteiger partial charge in [0.1, 0.15) is 0 Å². The Kier molecular flexibility index (Phi) is 5.75. The van der Waals surface area contributed by atoms with Gasteiger partial charge < -0.3 is 19.7 Å². The van der Waals surface area contributed by atoms with Crippen LogP contribution in [0.2, 0.25) is 0 Å². The van der Waals surface area contributed by atoms with E-state index in [1.165, 1.54) is 7.11 Å². The summed E-state index contributed by atoms with van der Waals surface area (Å²) in [7, 11) is 1.45. The standard InChI is InChI=1S/C29H23N3O6/c1-37-23-12-20-22(30-14-16-6-5-11-32(16)29(20)36)13-24(23)38-15-25(33)31-21-10-4-9-19-26(21)28(35)18-8-3-2-7-17(18)27(19)34/h2-4,7-10,12-14,16H,5-6,11,15H2,1H3,(H,31,33)/t16-/m0/s1. The maximum Gasteiger partial charge on any atom is 0.262 e. The molecule has 0 saturated carbocycles. The quantitative estimate of drug-likeness (QED) is 0.438. The number of ketones is 2. The molecule has 0 aromatic heterocycles. The van der Waals surface area contributed by atoms with Crippen LogP contribution in [-0.4, -0.2) is 60.8 Å². The van der Waals surface area contributed by atoms with Gasteiger partial charge in [-0.2, -0.15) is 0 Å². The molecule has 3 aromatic rings. The highest BCUT2D eigenvalue weighted by Gasteiger charge is 2.33. The number of carbonyl (C=O) groups excluding carboxylic acids is 4. The second-order valence-electron chi connectivity index (χ2n) is 9.28. The summed E-state index contributed by atoms with van der Waals surface area (Å²) >= 11 is 0. The van der Waals surface area contributed by atoms with Gasteiger partial charge in [0.2, 0.25) is 0 Å². The molecule has 1 N–H and O–H groups in total. The fraction of sp³-hybridized carbons (Fsp3) is 0.207. The average Bonchev–Trinajstić information content (AvgIpc) is 3.37. The van der Waals surface area contributed by atoms with Crippen LogP contribution in [0.5, 0.6) is 11.5 Å². The number of nitrogens with one attached hydrogen (secondary N) is 1. The minimum atomic E-state index is -0.533. The molecular formula is C29H23N3O6. The summed E-state index contributed by atoms with van der Waals surface area (Å²) in [6.45, 7) is 0.280. The molecule has 1 fully saturated rings. The molecule has 6 rings (SSSR count). The van der Waals surface area contributed by atoms with E-state index in [4.69, 9.17) is 9.47 Å². The third-order valence-corrected chi connectivity index (χ3v) is 7.04. The first-order chi connectivity index (χ1) is 18.5. The molecule has 190 valence electrons. The first kappa shape index (κ1) is 23.6. The minimum absolute atomic E-state index is 0.0330. The monoisotopic (exact) mass is 509 g/mol. The molecule has 9 nitrogen and oxygen atoms in total. The molecule has 3 aliphatic rings. The largest absolute Gasteiger partial charge is 0.493 e. The van der Waals surface area contributed by atoms with Crippen molar-refractivity contribution in [2.45, 2.75) is 18.9 Å². The van der Waals surface area contributed by atoms with E-state index < -0.39 is 12.5 Å². The number of rotatable bonds is 5. The predicted octanol–water partition coefficient (Wildman–Crippen LogP) is 3.81. The lowest BCUT2D eigenvalue weighted by Gasteiger charge is -2.21. The van der Waals surface area contributed by atoms with Gasteiger partial charge in [0.25, 0.3) is 11.8 Å². The van der Waals surface area contributed by atoms with Gasteiger partial charge in [0.15, 0.2) is 29.7 Å². The van der Waals surface area contributed by atoms with Crippen molar-refractivity contribution < 1.29 is 28.7 Å². The van der Waals surface area contributed by atoms with Gasteiger partial charge in [0.05, 0.1) is 35.7 Å². The smallest absolute Gasteiger partial charge is 0.262 e. The third kappa shape index (κ3) is 3.83. The van der Waals surface area contributed by atoms with Crippen LogP contribution in [0.3, 0.4) is 0 Å². The second kappa shape index (κ2) is 9.26. The Bertz CT molecular complexity index is 1560. The van der Waals surface area contributed by atoms with Crippen molar-refractivity contribution >= 4 is 41.0 Å². The van der Waals surface area contributed by atoms with Crippen molar-refractivity contribution in [3.63, 3.8) is 0 Å². The number of methoxy groups -OCH3 is 1. The summed E-state index contributed by atoms with van der Waals surface area (Å²) < 4.78 is 11.2. The lowest BCUT2D eigenvalue weighted by Crippen LogP contribution is -2.35. The number of fused-ring (bicyclic) bond motifs is 4. The molecule has 0 spiro atoms. The van der Waals surface area contributed by atoms with E-state index in [2.05, 4.69) is 10.3 Å². The minimum Gasteiger partial charge on any atom is -0.493 e. The SMILES string of the molecule is COc1cc2c(cc1OCC(=O)Nc1cccc3c1C(=O)c1ccccc1C3=O)N=C[C@@H]1CCCN1C2=O. The van der Waals surface area contributed by atoms with Gasteiger partial charge in [-0.25, -0.2) is 0 Å². The molecule has 1 aliphatic carbocycles. The van der Waals surface area contributed by atoms with Crippen molar-refractivity contribution in [3.8, 4) is 11.5 Å². The van der Waals surface area contributed by atoms with Crippen LogP contribution in [0.1, 0.15) is 55.0 Å². The predicted molar refractivity (Wildman–Crippen MR) is 139 cm³/mol. The summed E-state index contributed by atoms with van der Waals surface area (Å²) in [6.07, 6.45) is 3.57. The molecule has 0 bridgehead atoms. The van der Waals surface area contributed by atoms with E-state index in [1.54, 1.807) is 65.7 Å². The molecule has 3 aromatic carbocycles. The van der Waals surface area contributed by atoms with Crippen LogP contribution in [0, 0.1) is 0 Å². The zero-order valence-electron chi connectivity index (χ0n) is 20.5. The van der Waals surface area contributed by atoms with Gasteiger partial charge in [-0.1, -0.05) is 36.4 Å². The molecular weight excluding hydrogens is 486 g/mol. The van der Waals surface area contributed by atoms with Crippen molar-refractivity contribution in [2.24, 2.45) is 4.99 Å².